The van der Waals surface area contributed by atoms with E-state index in [2.05, 4.69) is 0 Å². The summed E-state index contributed by atoms with van der Waals surface area (Å²) in [6.07, 6.45) is 12.7. The predicted octanol–water partition coefficient (Wildman–Crippen LogP) is 3.86. The van der Waals surface area contributed by atoms with Crippen LogP contribution in [0.5, 0.6) is 0 Å². The van der Waals surface area contributed by atoms with Gasteiger partial charge in [0.2, 0.25) is 0 Å². The second-order valence-electron chi connectivity index (χ2n) is 6.68. The van der Waals surface area contributed by atoms with Gasteiger partial charge in [-0.25, -0.2) is 0 Å². The normalized spacial score (nSPS) is 60.0. The maximum Gasteiger partial charge on any atom is -0.0352 e. The van der Waals surface area contributed by atoms with Gasteiger partial charge in [0.1, 0.15) is 0 Å². The first kappa shape index (κ1) is 8.19. The van der Waals surface area contributed by atoms with E-state index in [-0.39, 0.29) is 0 Å². The molecule has 0 spiro atoms. The summed E-state index contributed by atoms with van der Waals surface area (Å²) in [6.45, 7) is 0. The molecule has 4 atom stereocenters. The molecule has 0 aromatic carbocycles. The summed E-state index contributed by atoms with van der Waals surface area (Å²) in [5, 5.41) is 0. The molecule has 4 unspecified atom stereocenters. The maximum absolute atomic E-state index is 1.62. The van der Waals surface area contributed by atoms with Gasteiger partial charge in [-0.3, -0.25) is 0 Å². The summed E-state index contributed by atoms with van der Waals surface area (Å²) in [6, 6.07) is 0. The van der Waals surface area contributed by atoms with E-state index in [1.807, 2.05) is 0 Å². The highest BCUT2D eigenvalue weighted by Crippen LogP contribution is 2.69. The Morgan fingerprint density at radius 1 is 0.500 bits per heavy atom. The highest BCUT2D eigenvalue weighted by Gasteiger charge is 2.61. The lowest BCUT2D eigenvalue weighted by molar-refractivity contribution is 0.0374. The Bertz CT molecular complexity index is 195. The summed E-state index contributed by atoms with van der Waals surface area (Å²) in [4.78, 5) is 0. The van der Waals surface area contributed by atoms with Gasteiger partial charge in [0, 0.05) is 0 Å². The fourth-order valence-corrected chi connectivity index (χ4v) is 5.20. The molecule has 0 saturated heterocycles. The van der Waals surface area contributed by atoms with Crippen LogP contribution in [-0.4, -0.2) is 0 Å². The van der Waals surface area contributed by atoms with E-state index in [0.29, 0.717) is 0 Å². The van der Waals surface area contributed by atoms with Crippen LogP contribution >= 0.6 is 0 Å². The van der Waals surface area contributed by atoms with Crippen LogP contribution in [0.4, 0.5) is 0 Å². The van der Waals surface area contributed by atoms with E-state index < -0.39 is 0 Å². The fourth-order valence-electron chi connectivity index (χ4n) is 5.20. The second kappa shape index (κ2) is 2.77. The van der Waals surface area contributed by atoms with Gasteiger partial charge in [0.15, 0.2) is 0 Å². The molecule has 78 valence electrons. The minimum absolute atomic E-state index is 1.17. The van der Waals surface area contributed by atoms with Crippen LogP contribution in [0.3, 0.4) is 0 Å². The minimum atomic E-state index is 1.17. The molecule has 6 bridgehead atoms. The molecule has 7 aliphatic rings. The largest absolute Gasteiger partial charge is 0.0502 e. The van der Waals surface area contributed by atoms with Crippen molar-refractivity contribution in [1.29, 1.82) is 0 Å². The smallest absolute Gasteiger partial charge is 0.0352 e. The van der Waals surface area contributed by atoms with Crippen molar-refractivity contribution in [2.75, 3.05) is 0 Å². The summed E-state index contributed by atoms with van der Waals surface area (Å²) in [7, 11) is 0. The van der Waals surface area contributed by atoms with Gasteiger partial charge >= 0.3 is 0 Å². The minimum Gasteiger partial charge on any atom is -0.0502 e. The fraction of sp³-hybridized carbons (Fsp3) is 1.00. The number of fused-ring (bicyclic) bond motifs is 2. The Labute approximate surface area is 87.5 Å². The van der Waals surface area contributed by atoms with Crippen LogP contribution in [0.15, 0.2) is 0 Å². The van der Waals surface area contributed by atoms with Crippen molar-refractivity contribution in [1.82, 2.24) is 0 Å². The Kier molecular flexibility index (Phi) is 1.62. The molecular formula is C14H22. The zero-order valence-corrected chi connectivity index (χ0v) is 9.12. The Hall–Kier alpha value is 0. The van der Waals surface area contributed by atoms with E-state index in [1.165, 1.54) is 35.5 Å². The van der Waals surface area contributed by atoms with Crippen molar-refractivity contribution in [2.24, 2.45) is 35.5 Å². The van der Waals surface area contributed by atoms with Gasteiger partial charge in [0.25, 0.3) is 0 Å². The van der Waals surface area contributed by atoms with E-state index in [1.54, 1.807) is 51.4 Å². The maximum atomic E-state index is 1.62. The summed E-state index contributed by atoms with van der Waals surface area (Å²) in [5.74, 6) is 7.31. The van der Waals surface area contributed by atoms with Crippen LogP contribution in [0.2, 0.25) is 0 Å². The molecule has 0 nitrogen and oxygen atoms in total. The highest BCUT2D eigenvalue weighted by atomic mass is 14.7. The third-order valence-electron chi connectivity index (χ3n) is 6.15. The van der Waals surface area contributed by atoms with Crippen LogP contribution in [0.1, 0.15) is 51.4 Å². The molecule has 0 aliphatic heterocycles. The molecular weight excluding hydrogens is 168 g/mol. The summed E-state index contributed by atoms with van der Waals surface area (Å²) in [5.41, 5.74) is 0. The van der Waals surface area contributed by atoms with E-state index in [9.17, 15) is 0 Å². The van der Waals surface area contributed by atoms with Crippen molar-refractivity contribution >= 4 is 0 Å². The molecule has 0 aromatic rings. The molecule has 0 aromatic heterocycles. The van der Waals surface area contributed by atoms with Gasteiger partial charge in [0.05, 0.1) is 0 Å². The Balaban J connectivity index is 0.0000000826. The van der Waals surface area contributed by atoms with Crippen LogP contribution in [-0.2, 0) is 0 Å². The zero-order valence-electron chi connectivity index (χ0n) is 9.12. The average Bonchev–Trinajstić information content (AvgIpc) is 2.93. The van der Waals surface area contributed by atoms with Crippen molar-refractivity contribution in [2.45, 2.75) is 51.4 Å². The SMILES string of the molecule is C1C2CC3C1CC23.C1CC2CCC1C2. The zero-order chi connectivity index (χ0) is 9.12. The monoisotopic (exact) mass is 190 g/mol. The van der Waals surface area contributed by atoms with Gasteiger partial charge in [-0.15, -0.1) is 0 Å². The van der Waals surface area contributed by atoms with Gasteiger partial charge < -0.3 is 0 Å². The lowest BCUT2D eigenvalue weighted by Gasteiger charge is -2.45. The van der Waals surface area contributed by atoms with Crippen LogP contribution in [0.25, 0.3) is 0 Å². The Morgan fingerprint density at radius 2 is 1.00 bits per heavy atom. The highest BCUT2D eigenvalue weighted by molar-refractivity contribution is 5.10. The van der Waals surface area contributed by atoms with Crippen LogP contribution < -0.4 is 0 Å². The van der Waals surface area contributed by atoms with Crippen molar-refractivity contribution < 1.29 is 0 Å². The summed E-state index contributed by atoms with van der Waals surface area (Å²) >= 11 is 0. The molecule has 0 heteroatoms. The second-order valence-corrected chi connectivity index (χ2v) is 6.68. The van der Waals surface area contributed by atoms with Crippen molar-refractivity contribution in [3.63, 3.8) is 0 Å². The standard InChI is InChI=1S/C7H10.C7H12/c1-4-2-6-5(1)3-7(4)6;1-2-7-4-3-6(1)5-7/h4-7H,1-3H2;6-7H,1-5H2. The lowest BCUT2D eigenvalue weighted by atomic mass is 9.60. The first-order chi connectivity index (χ1) is 6.90. The molecule has 0 radical (unpaired) electrons. The van der Waals surface area contributed by atoms with Gasteiger partial charge in [-0.05, 0) is 61.2 Å². The quantitative estimate of drug-likeness (QED) is 0.544. The molecule has 7 aliphatic carbocycles. The first-order valence-corrected chi connectivity index (χ1v) is 6.90. The third-order valence-corrected chi connectivity index (χ3v) is 6.15. The van der Waals surface area contributed by atoms with E-state index >= 15 is 0 Å². The first-order valence-electron chi connectivity index (χ1n) is 6.90. The van der Waals surface area contributed by atoms with Gasteiger partial charge in [-0.2, -0.15) is 0 Å². The predicted molar refractivity (Wildman–Crippen MR) is 57.9 cm³/mol. The van der Waals surface area contributed by atoms with E-state index in [4.69, 9.17) is 0 Å². The summed E-state index contributed by atoms with van der Waals surface area (Å²) < 4.78 is 0. The van der Waals surface area contributed by atoms with Gasteiger partial charge in [-0.1, -0.05) is 25.7 Å². The average molecular weight is 190 g/mol. The lowest BCUT2D eigenvalue weighted by Crippen LogP contribution is -2.38. The molecule has 7 saturated carbocycles. The third kappa shape index (κ3) is 1.01. The molecule has 0 amide bonds. The number of hydrogen-bond acceptors (Lipinski definition) is 0. The molecule has 7 rings (SSSR count). The van der Waals surface area contributed by atoms with Crippen LogP contribution in [0, 0.1) is 35.5 Å². The topological polar surface area (TPSA) is 0 Å². The molecule has 7 fully saturated rings. The van der Waals surface area contributed by atoms with Crippen molar-refractivity contribution in [3.8, 4) is 0 Å². The van der Waals surface area contributed by atoms with Crippen molar-refractivity contribution in [3.05, 3.63) is 0 Å². The molecule has 0 heterocycles. The number of rotatable bonds is 0. The van der Waals surface area contributed by atoms with E-state index in [0.717, 1.165) is 0 Å². The Morgan fingerprint density at radius 3 is 1.14 bits per heavy atom. The molecule has 0 N–H and O–H groups in total. The number of hydrogen-bond donors (Lipinski definition) is 0. The molecule has 14 heavy (non-hydrogen) atoms.